The van der Waals surface area contributed by atoms with E-state index in [-0.39, 0.29) is 17.2 Å². The minimum Gasteiger partial charge on any atom is -0.457 e. The molecule has 0 aliphatic rings. The van der Waals surface area contributed by atoms with E-state index in [1.54, 1.807) is 0 Å². The molecule has 1 amide bonds. The van der Waals surface area contributed by atoms with Crippen molar-refractivity contribution in [1.82, 2.24) is 0 Å². The van der Waals surface area contributed by atoms with Gasteiger partial charge in [-0.05, 0) is 48.5 Å². The number of nitrogen functional groups attached to an aromatic ring is 1. The number of amides is 1. The Balaban J connectivity index is 0.000000259. The Labute approximate surface area is 253 Å². The van der Waals surface area contributed by atoms with Gasteiger partial charge in [-0.3, -0.25) is 34.6 Å². The van der Waals surface area contributed by atoms with E-state index in [2.05, 4.69) is 0 Å². The Morgan fingerprint density at radius 1 is 0.717 bits per heavy atom. The maximum absolute atomic E-state index is 13.9. The van der Waals surface area contributed by atoms with Gasteiger partial charge in [0.2, 0.25) is 11.6 Å². The molecule has 0 unspecified atom stereocenters. The van der Waals surface area contributed by atoms with Crippen LogP contribution in [0.5, 0.6) is 23.0 Å². The second-order valence-electron chi connectivity index (χ2n) is 8.69. The zero-order chi connectivity index (χ0) is 34.2. The lowest BCUT2D eigenvalue weighted by molar-refractivity contribution is -0.386. The highest BCUT2D eigenvalue weighted by molar-refractivity contribution is 5.97. The number of hydrogen-bond donors (Lipinski definition) is 2. The molecule has 46 heavy (non-hydrogen) atoms. The summed E-state index contributed by atoms with van der Waals surface area (Å²) >= 11 is 0. The summed E-state index contributed by atoms with van der Waals surface area (Å²) in [7, 11) is 0. The predicted molar refractivity (Wildman–Crippen MR) is 149 cm³/mol. The highest BCUT2D eigenvalue weighted by Crippen LogP contribution is 2.36. The molecule has 0 fully saturated rings. The van der Waals surface area contributed by atoms with Gasteiger partial charge in [-0.1, -0.05) is 0 Å². The van der Waals surface area contributed by atoms with Gasteiger partial charge in [0.15, 0.2) is 0 Å². The predicted octanol–water partition coefficient (Wildman–Crippen LogP) is 6.76. The van der Waals surface area contributed by atoms with Crippen LogP contribution in [0, 0.1) is 31.9 Å². The summed E-state index contributed by atoms with van der Waals surface area (Å²) < 4.78 is 75.0. The van der Waals surface area contributed by atoms with Gasteiger partial charge in [0.25, 0.3) is 0 Å². The molecule has 0 aromatic heterocycles. The monoisotopic (exact) mass is 648 g/mol. The Morgan fingerprint density at radius 3 is 1.50 bits per heavy atom. The van der Waals surface area contributed by atoms with E-state index in [1.165, 1.54) is 53.8 Å². The van der Waals surface area contributed by atoms with Gasteiger partial charge in [-0.2, -0.15) is 22.0 Å². The summed E-state index contributed by atoms with van der Waals surface area (Å²) in [6.45, 7) is 0. The number of hydrogen-bond acceptors (Lipinski definition) is 10. The van der Waals surface area contributed by atoms with Crippen molar-refractivity contribution in [1.29, 1.82) is 0 Å². The fourth-order valence-electron chi connectivity index (χ4n) is 3.45. The van der Waals surface area contributed by atoms with Gasteiger partial charge in [-0.25, -0.2) is 0 Å². The number of nitrogens with one attached hydrogen (secondary N) is 1. The molecule has 0 aliphatic carbocycles. The lowest BCUT2D eigenvalue weighted by Gasteiger charge is -2.11. The largest absolute Gasteiger partial charge is 0.471 e. The first kappa shape index (κ1) is 34.0. The Morgan fingerprint density at radius 2 is 1.13 bits per heavy atom. The van der Waals surface area contributed by atoms with Crippen LogP contribution in [-0.4, -0.2) is 34.5 Å². The van der Waals surface area contributed by atoms with Gasteiger partial charge >= 0.3 is 23.5 Å². The molecule has 3 N–H and O–H groups in total. The van der Waals surface area contributed by atoms with Crippen LogP contribution in [-0.2, 0) is 4.79 Å². The molecule has 0 heterocycles. The van der Waals surface area contributed by atoms with E-state index in [0.717, 1.165) is 12.1 Å². The first-order valence-electron chi connectivity index (χ1n) is 12.2. The second kappa shape index (κ2) is 14.3. The van der Waals surface area contributed by atoms with Gasteiger partial charge in [0.1, 0.15) is 46.9 Å². The topological polar surface area (TPSA) is 194 Å². The molecule has 4 rings (SSSR count). The average Bonchev–Trinajstić information content (AvgIpc) is 2.97. The molecule has 0 saturated carbocycles. The van der Waals surface area contributed by atoms with Crippen molar-refractivity contribution in [2.24, 2.45) is 0 Å². The van der Waals surface area contributed by atoms with Crippen LogP contribution in [0.3, 0.4) is 0 Å². The van der Waals surface area contributed by atoms with Crippen LogP contribution < -0.4 is 20.5 Å². The summed E-state index contributed by atoms with van der Waals surface area (Å²) in [5.41, 5.74) is 2.72. The van der Waals surface area contributed by atoms with Crippen molar-refractivity contribution < 1.29 is 55.7 Å². The Hall–Kier alpha value is -6.46. The molecule has 13 nitrogen and oxygen atoms in total. The fraction of sp³-hybridized carbons (Fsp3) is 0.0357. The van der Waals surface area contributed by atoms with E-state index in [9.17, 15) is 56.6 Å². The molecular formula is C28H17F5N4O9. The molecule has 0 spiro atoms. The van der Waals surface area contributed by atoms with Gasteiger partial charge < -0.3 is 20.5 Å². The van der Waals surface area contributed by atoms with Crippen molar-refractivity contribution in [2.45, 2.75) is 6.18 Å². The molecule has 0 saturated heterocycles. The molecule has 4 aromatic rings. The van der Waals surface area contributed by atoms with Crippen molar-refractivity contribution in [3.05, 3.63) is 116 Å². The number of alkyl halides is 3. The molecule has 0 radical (unpaired) electrons. The van der Waals surface area contributed by atoms with Crippen LogP contribution in [0.4, 0.5) is 44.7 Å². The maximum Gasteiger partial charge on any atom is 0.471 e. The summed E-state index contributed by atoms with van der Waals surface area (Å²) in [5.74, 6) is -5.02. The lowest BCUT2D eigenvalue weighted by Crippen LogP contribution is -2.30. The zero-order valence-electron chi connectivity index (χ0n) is 22.6. The first-order valence-corrected chi connectivity index (χ1v) is 12.2. The normalized spacial score (nSPS) is 10.5. The number of nitrogens with zero attached hydrogens (tertiary/aromatic N) is 2. The summed E-state index contributed by atoms with van der Waals surface area (Å²) in [4.78, 5) is 51.4. The molecule has 18 heteroatoms. The number of nitro benzene ring substituents is 2. The summed E-state index contributed by atoms with van der Waals surface area (Å²) in [6, 6.07) is 14.7. The third-order valence-electron chi connectivity index (χ3n) is 5.48. The summed E-state index contributed by atoms with van der Waals surface area (Å²) in [5, 5.41) is 22.7. The van der Waals surface area contributed by atoms with Gasteiger partial charge in [0.05, 0.1) is 9.85 Å². The van der Waals surface area contributed by atoms with Crippen LogP contribution in [0.15, 0.2) is 72.8 Å². The number of carbonyl (C=O) groups is 3. The smallest absolute Gasteiger partial charge is 0.457 e. The van der Waals surface area contributed by atoms with E-state index < -0.39 is 56.4 Å². The number of halogens is 5. The second-order valence-corrected chi connectivity index (χ2v) is 8.69. The van der Waals surface area contributed by atoms with Crippen molar-refractivity contribution in [2.75, 3.05) is 11.1 Å². The number of ether oxygens (including phenoxy) is 2. The highest BCUT2D eigenvalue weighted by Gasteiger charge is 2.40. The minimum absolute atomic E-state index is 0.0319. The number of benzene rings is 4. The summed E-state index contributed by atoms with van der Waals surface area (Å²) in [6.07, 6.45) is -4.10. The van der Waals surface area contributed by atoms with Crippen LogP contribution in [0.1, 0.15) is 20.7 Å². The quantitative estimate of drug-likeness (QED) is 0.0644. The number of nitro groups is 2. The van der Waals surface area contributed by atoms with E-state index in [0.29, 0.717) is 41.6 Å². The van der Waals surface area contributed by atoms with E-state index in [4.69, 9.17) is 15.2 Å². The SMILES string of the molecule is Nc1cc(Oc2ccc(C=O)cc2)cc(F)c1[N+](=O)[O-].O=Cc1ccc(Oc2cc(F)c([N+](=O)[O-])c(NC(=O)C(F)(F)F)c2)cc1. The van der Waals surface area contributed by atoms with Crippen molar-refractivity contribution >= 4 is 41.2 Å². The standard InChI is InChI=1S/C15H8F4N2O5.C13H9FN2O4/c16-11-5-10(26-9-3-1-8(7-22)2-4-9)6-12(13(11)21(24)25)20-14(23)15(17,18)19;14-11-5-10(6-12(15)13(11)16(18)19)20-9-3-1-8(7-17)2-4-9/h1-7H,(H,20,23);1-7H,15H2. The maximum atomic E-state index is 13.9. The van der Waals surface area contributed by atoms with E-state index in [1.807, 2.05) is 0 Å². The van der Waals surface area contributed by atoms with E-state index >= 15 is 0 Å². The van der Waals surface area contributed by atoms with Crippen molar-refractivity contribution in [3.8, 4) is 23.0 Å². The number of aldehydes is 2. The molecule has 0 atom stereocenters. The number of nitrogens with two attached hydrogens (primary N) is 1. The highest BCUT2D eigenvalue weighted by atomic mass is 19.4. The number of rotatable bonds is 9. The average molecular weight is 648 g/mol. The van der Waals surface area contributed by atoms with Crippen molar-refractivity contribution in [3.63, 3.8) is 0 Å². The molecule has 4 aromatic carbocycles. The Bertz CT molecular complexity index is 1780. The number of anilines is 2. The zero-order valence-corrected chi connectivity index (χ0v) is 22.6. The van der Waals surface area contributed by atoms with Crippen LogP contribution >= 0.6 is 0 Å². The van der Waals surface area contributed by atoms with Gasteiger partial charge in [0, 0.05) is 35.4 Å². The molecule has 0 aliphatic heterocycles. The first-order chi connectivity index (χ1) is 21.6. The molecule has 238 valence electrons. The fourth-order valence-corrected chi connectivity index (χ4v) is 3.45. The number of carbonyl (C=O) groups excluding carboxylic acids is 3. The third kappa shape index (κ3) is 8.78. The third-order valence-corrected chi connectivity index (χ3v) is 5.48. The lowest BCUT2D eigenvalue weighted by atomic mass is 10.2. The molecular weight excluding hydrogens is 631 g/mol. The van der Waals surface area contributed by atoms with Crippen LogP contribution in [0.25, 0.3) is 0 Å². The van der Waals surface area contributed by atoms with Crippen LogP contribution in [0.2, 0.25) is 0 Å². The Kier molecular flexibility index (Phi) is 10.6. The van der Waals surface area contributed by atoms with Gasteiger partial charge in [-0.15, -0.1) is 0 Å². The molecule has 0 bridgehead atoms. The minimum atomic E-state index is -5.33.